The van der Waals surface area contributed by atoms with Crippen LogP contribution in [0, 0.1) is 6.92 Å². The highest BCUT2D eigenvalue weighted by molar-refractivity contribution is 5.37. The molecule has 4 nitrogen and oxygen atoms in total. The van der Waals surface area contributed by atoms with E-state index in [-0.39, 0.29) is 0 Å². The number of nitrogens with zero attached hydrogens (tertiary/aromatic N) is 2. The zero-order chi connectivity index (χ0) is 13.8. The highest BCUT2D eigenvalue weighted by atomic mass is 16.5. The lowest BCUT2D eigenvalue weighted by molar-refractivity contribution is 0.199. The fourth-order valence-electron chi connectivity index (χ4n) is 1.91. The van der Waals surface area contributed by atoms with Crippen LogP contribution in [0.5, 0.6) is 5.75 Å². The highest BCUT2D eigenvalue weighted by Gasteiger charge is 2.06. The van der Waals surface area contributed by atoms with Gasteiger partial charge in [-0.25, -0.2) is 0 Å². The van der Waals surface area contributed by atoms with Crippen LogP contribution in [-0.4, -0.2) is 14.9 Å². The Kier molecular flexibility index (Phi) is 4.22. The molecule has 1 atom stereocenters. The summed E-state index contributed by atoms with van der Waals surface area (Å²) < 4.78 is 7.66. The van der Waals surface area contributed by atoms with E-state index in [2.05, 4.69) is 12.0 Å². The Morgan fingerprint density at radius 2 is 2.21 bits per heavy atom. The van der Waals surface area contributed by atoms with Crippen LogP contribution in [-0.2, 0) is 13.2 Å². The van der Waals surface area contributed by atoms with Crippen LogP contribution in [0.4, 0.5) is 0 Å². The van der Waals surface area contributed by atoms with Gasteiger partial charge in [-0.15, -0.1) is 0 Å². The molecule has 0 bridgehead atoms. The first kappa shape index (κ1) is 13.6. The van der Waals surface area contributed by atoms with Crippen molar-refractivity contribution >= 4 is 0 Å². The molecule has 1 aromatic carbocycles. The van der Waals surface area contributed by atoms with Crippen molar-refractivity contribution in [1.82, 2.24) is 9.78 Å². The normalized spacial score (nSPS) is 12.4. The van der Waals surface area contributed by atoms with Gasteiger partial charge in [0.25, 0.3) is 0 Å². The van der Waals surface area contributed by atoms with Gasteiger partial charge in [0, 0.05) is 18.3 Å². The highest BCUT2D eigenvalue weighted by Crippen LogP contribution is 2.23. The Bertz CT molecular complexity index is 547. The summed E-state index contributed by atoms with van der Waals surface area (Å²) in [5.74, 6) is 0.841. The van der Waals surface area contributed by atoms with Gasteiger partial charge in [0.1, 0.15) is 12.4 Å². The van der Waals surface area contributed by atoms with E-state index >= 15 is 0 Å². The maximum absolute atomic E-state index is 9.53. The molecule has 0 spiro atoms. The molecule has 0 amide bonds. The molecule has 0 fully saturated rings. The predicted molar refractivity (Wildman–Crippen MR) is 74.0 cm³/mol. The van der Waals surface area contributed by atoms with Crippen LogP contribution in [0.1, 0.15) is 36.6 Å². The molecule has 2 aromatic rings. The SMILES string of the molecule is CCn1cc(COc2ccc(C(C)O)cc2C)cn1. The van der Waals surface area contributed by atoms with Gasteiger partial charge < -0.3 is 9.84 Å². The summed E-state index contributed by atoms with van der Waals surface area (Å²) in [6, 6.07) is 5.75. The van der Waals surface area contributed by atoms with E-state index in [9.17, 15) is 5.11 Å². The first-order valence-electron chi connectivity index (χ1n) is 6.53. The summed E-state index contributed by atoms with van der Waals surface area (Å²) in [4.78, 5) is 0. The zero-order valence-electron chi connectivity index (χ0n) is 11.6. The third kappa shape index (κ3) is 3.35. The Morgan fingerprint density at radius 1 is 1.42 bits per heavy atom. The first-order chi connectivity index (χ1) is 9.10. The van der Waals surface area contributed by atoms with E-state index < -0.39 is 6.10 Å². The van der Waals surface area contributed by atoms with Gasteiger partial charge >= 0.3 is 0 Å². The standard InChI is InChI=1S/C15H20N2O2/c1-4-17-9-13(8-16-17)10-19-15-6-5-14(12(3)18)7-11(15)2/h5-9,12,18H,4,10H2,1-3H3. The summed E-state index contributed by atoms with van der Waals surface area (Å²) >= 11 is 0. The Labute approximate surface area is 113 Å². The van der Waals surface area contributed by atoms with Gasteiger partial charge in [0.05, 0.1) is 12.3 Å². The smallest absolute Gasteiger partial charge is 0.122 e. The van der Waals surface area contributed by atoms with Crippen molar-refractivity contribution in [2.75, 3.05) is 0 Å². The molecule has 19 heavy (non-hydrogen) atoms. The molecule has 0 aliphatic rings. The van der Waals surface area contributed by atoms with Crippen molar-refractivity contribution in [2.24, 2.45) is 0 Å². The number of rotatable bonds is 5. The van der Waals surface area contributed by atoms with E-state index in [1.807, 2.05) is 42.2 Å². The van der Waals surface area contributed by atoms with Crippen LogP contribution < -0.4 is 4.74 Å². The van der Waals surface area contributed by atoms with E-state index in [0.29, 0.717) is 6.61 Å². The predicted octanol–water partition coefficient (Wildman–Crippen LogP) is 2.84. The summed E-state index contributed by atoms with van der Waals surface area (Å²) in [5.41, 5.74) is 2.99. The van der Waals surface area contributed by atoms with Gasteiger partial charge in [-0.05, 0) is 44.0 Å². The molecule has 0 saturated carbocycles. The molecular weight excluding hydrogens is 240 g/mol. The number of ether oxygens (including phenoxy) is 1. The molecule has 1 heterocycles. The van der Waals surface area contributed by atoms with Gasteiger partial charge in [0.15, 0.2) is 0 Å². The molecule has 0 aliphatic heterocycles. The quantitative estimate of drug-likeness (QED) is 0.899. The third-order valence-corrected chi connectivity index (χ3v) is 3.09. The van der Waals surface area contributed by atoms with E-state index in [1.54, 1.807) is 6.92 Å². The van der Waals surface area contributed by atoms with Gasteiger partial charge in [-0.2, -0.15) is 5.10 Å². The van der Waals surface area contributed by atoms with Crippen LogP contribution in [0.25, 0.3) is 0 Å². The van der Waals surface area contributed by atoms with Gasteiger partial charge in [-0.3, -0.25) is 4.68 Å². The first-order valence-corrected chi connectivity index (χ1v) is 6.53. The topological polar surface area (TPSA) is 47.3 Å². The van der Waals surface area contributed by atoms with Crippen molar-refractivity contribution in [3.05, 3.63) is 47.3 Å². The average Bonchev–Trinajstić information content (AvgIpc) is 2.85. The Morgan fingerprint density at radius 3 is 2.79 bits per heavy atom. The molecule has 4 heteroatoms. The van der Waals surface area contributed by atoms with Crippen LogP contribution in [0.2, 0.25) is 0 Å². The summed E-state index contributed by atoms with van der Waals surface area (Å²) in [6.07, 6.45) is 3.36. The third-order valence-electron chi connectivity index (χ3n) is 3.09. The number of hydrogen-bond acceptors (Lipinski definition) is 3. The summed E-state index contributed by atoms with van der Waals surface area (Å²) in [6.45, 7) is 7.17. The van der Waals surface area contributed by atoms with Crippen LogP contribution in [0.3, 0.4) is 0 Å². The molecule has 1 N–H and O–H groups in total. The second-order valence-electron chi connectivity index (χ2n) is 4.69. The van der Waals surface area contributed by atoms with E-state index in [4.69, 9.17) is 4.74 Å². The van der Waals surface area contributed by atoms with Crippen molar-refractivity contribution in [3.8, 4) is 5.75 Å². The minimum atomic E-state index is -0.449. The number of aryl methyl sites for hydroxylation is 2. The lowest BCUT2D eigenvalue weighted by Gasteiger charge is -2.11. The second kappa shape index (κ2) is 5.89. The van der Waals surface area contributed by atoms with E-state index in [0.717, 1.165) is 29.0 Å². The molecule has 1 unspecified atom stereocenters. The number of aliphatic hydroxyl groups excluding tert-OH is 1. The average molecular weight is 260 g/mol. The minimum absolute atomic E-state index is 0.449. The molecule has 1 aromatic heterocycles. The molecule has 0 saturated heterocycles. The summed E-state index contributed by atoms with van der Waals surface area (Å²) in [5, 5.41) is 13.7. The van der Waals surface area contributed by atoms with Crippen LogP contribution in [0.15, 0.2) is 30.6 Å². The molecule has 0 aliphatic carbocycles. The largest absolute Gasteiger partial charge is 0.489 e. The van der Waals surface area contributed by atoms with Crippen molar-refractivity contribution in [1.29, 1.82) is 0 Å². The molecular formula is C15H20N2O2. The zero-order valence-corrected chi connectivity index (χ0v) is 11.6. The Balaban J connectivity index is 2.03. The second-order valence-corrected chi connectivity index (χ2v) is 4.69. The maximum Gasteiger partial charge on any atom is 0.122 e. The molecule has 102 valence electrons. The minimum Gasteiger partial charge on any atom is -0.489 e. The van der Waals surface area contributed by atoms with Gasteiger partial charge in [-0.1, -0.05) is 6.07 Å². The Hall–Kier alpha value is -1.81. The molecule has 0 radical (unpaired) electrons. The van der Waals surface area contributed by atoms with Crippen molar-refractivity contribution in [3.63, 3.8) is 0 Å². The molecule has 2 rings (SSSR count). The van der Waals surface area contributed by atoms with Gasteiger partial charge in [0.2, 0.25) is 0 Å². The number of aromatic nitrogens is 2. The lowest BCUT2D eigenvalue weighted by atomic mass is 10.1. The summed E-state index contributed by atoms with van der Waals surface area (Å²) in [7, 11) is 0. The number of benzene rings is 1. The fraction of sp³-hybridized carbons (Fsp3) is 0.400. The van der Waals surface area contributed by atoms with Crippen molar-refractivity contribution in [2.45, 2.75) is 40.0 Å². The van der Waals surface area contributed by atoms with Crippen molar-refractivity contribution < 1.29 is 9.84 Å². The monoisotopic (exact) mass is 260 g/mol. The lowest BCUT2D eigenvalue weighted by Crippen LogP contribution is -1.98. The maximum atomic E-state index is 9.53. The number of aliphatic hydroxyl groups is 1. The fourth-order valence-corrected chi connectivity index (χ4v) is 1.91. The van der Waals surface area contributed by atoms with Crippen LogP contribution >= 0.6 is 0 Å². The van der Waals surface area contributed by atoms with E-state index in [1.165, 1.54) is 0 Å². The number of hydrogen-bond donors (Lipinski definition) is 1.